The van der Waals surface area contributed by atoms with Gasteiger partial charge in [0.2, 0.25) is 0 Å². The maximum Gasteiger partial charge on any atom is 0.319 e. The van der Waals surface area contributed by atoms with E-state index in [1.54, 1.807) is 19.1 Å². The summed E-state index contributed by atoms with van der Waals surface area (Å²) in [6, 6.07) is 8.12. The second-order valence-corrected chi connectivity index (χ2v) is 7.31. The topological polar surface area (TPSA) is 75.3 Å². The van der Waals surface area contributed by atoms with Crippen LogP contribution in [0.4, 0.5) is 19.3 Å². The van der Waals surface area contributed by atoms with Crippen molar-refractivity contribution in [2.24, 2.45) is 0 Å². The molecule has 1 unspecified atom stereocenters. The van der Waals surface area contributed by atoms with Crippen molar-refractivity contribution in [2.45, 2.75) is 17.9 Å². The number of hydrogen-bond acceptors (Lipinski definition) is 3. The Kier molecular flexibility index (Phi) is 5.18. The molecule has 0 radical (unpaired) electrons. The molecule has 0 saturated carbocycles. The van der Waals surface area contributed by atoms with E-state index in [1.165, 1.54) is 18.2 Å². The van der Waals surface area contributed by atoms with Crippen molar-refractivity contribution < 1.29 is 22.0 Å². The van der Waals surface area contributed by atoms with Gasteiger partial charge in [-0.1, -0.05) is 12.1 Å². The van der Waals surface area contributed by atoms with Gasteiger partial charge in [-0.15, -0.1) is 0 Å². The van der Waals surface area contributed by atoms with E-state index in [2.05, 4.69) is 10.6 Å². The molecule has 0 aliphatic heterocycles. The Bertz CT molecular complexity index is 852. The summed E-state index contributed by atoms with van der Waals surface area (Å²) in [4.78, 5) is 12.1. The molecule has 2 amide bonds. The predicted molar refractivity (Wildman–Crippen MR) is 86.5 cm³/mol. The Labute approximate surface area is 138 Å². The maximum absolute atomic E-state index is 13.1. The highest BCUT2D eigenvalue weighted by Gasteiger charge is 2.12. The molecule has 0 bridgehead atoms. The Balaban J connectivity index is 2.01. The van der Waals surface area contributed by atoms with E-state index in [-0.39, 0.29) is 10.6 Å². The highest BCUT2D eigenvalue weighted by atomic mass is 32.2. The summed E-state index contributed by atoms with van der Waals surface area (Å²) in [5, 5.41) is 5.01. The van der Waals surface area contributed by atoms with Gasteiger partial charge in [0.1, 0.15) is 0 Å². The second kappa shape index (κ2) is 6.96. The Morgan fingerprint density at radius 2 is 1.67 bits per heavy atom. The molecule has 24 heavy (non-hydrogen) atoms. The SMILES string of the molecule is CC(NC(=O)Nc1ccc(F)c(F)c1)c1ccc(S(C)(=O)=O)cc1. The second-order valence-electron chi connectivity index (χ2n) is 5.29. The molecule has 8 heteroatoms. The summed E-state index contributed by atoms with van der Waals surface area (Å²) >= 11 is 0. The first-order valence-corrected chi connectivity index (χ1v) is 8.88. The molecule has 0 saturated heterocycles. The minimum Gasteiger partial charge on any atom is -0.331 e. The number of sulfone groups is 1. The van der Waals surface area contributed by atoms with Crippen molar-refractivity contribution in [3.63, 3.8) is 0 Å². The molecular formula is C16H16F2N2O3S. The highest BCUT2D eigenvalue weighted by Crippen LogP contribution is 2.17. The molecule has 2 N–H and O–H groups in total. The lowest BCUT2D eigenvalue weighted by Gasteiger charge is -2.15. The zero-order valence-corrected chi connectivity index (χ0v) is 13.8. The van der Waals surface area contributed by atoms with Crippen LogP contribution < -0.4 is 10.6 Å². The molecular weight excluding hydrogens is 338 g/mol. The number of amides is 2. The summed E-state index contributed by atoms with van der Waals surface area (Å²) in [6.07, 6.45) is 1.11. The first kappa shape index (κ1) is 17.9. The van der Waals surface area contributed by atoms with Gasteiger partial charge in [0.05, 0.1) is 10.9 Å². The van der Waals surface area contributed by atoms with Gasteiger partial charge in [0.25, 0.3) is 0 Å². The van der Waals surface area contributed by atoms with E-state index >= 15 is 0 Å². The number of carbonyl (C=O) groups excluding carboxylic acids is 1. The number of anilines is 1. The van der Waals surface area contributed by atoms with E-state index in [9.17, 15) is 22.0 Å². The highest BCUT2D eigenvalue weighted by molar-refractivity contribution is 7.90. The number of halogens is 2. The molecule has 0 heterocycles. The Hall–Kier alpha value is -2.48. The summed E-state index contributed by atoms with van der Waals surface area (Å²) in [5.41, 5.74) is 0.814. The normalized spacial score (nSPS) is 12.5. The fourth-order valence-corrected chi connectivity index (χ4v) is 2.66. The number of hydrogen-bond donors (Lipinski definition) is 2. The standard InChI is InChI=1S/C16H16F2N2O3S/c1-10(11-3-6-13(7-4-11)24(2,22)23)19-16(21)20-12-5-8-14(17)15(18)9-12/h3-10H,1-2H3,(H2,19,20,21). The molecule has 128 valence electrons. The van der Waals surface area contributed by atoms with Gasteiger partial charge < -0.3 is 10.6 Å². The lowest BCUT2D eigenvalue weighted by atomic mass is 10.1. The van der Waals surface area contributed by atoms with Gasteiger partial charge in [-0.2, -0.15) is 0 Å². The molecule has 0 fully saturated rings. The van der Waals surface area contributed by atoms with Crippen LogP contribution in [0.3, 0.4) is 0 Å². The van der Waals surface area contributed by atoms with Crippen LogP contribution >= 0.6 is 0 Å². The summed E-state index contributed by atoms with van der Waals surface area (Å²) in [6.45, 7) is 1.71. The summed E-state index contributed by atoms with van der Waals surface area (Å²) in [7, 11) is -3.28. The predicted octanol–water partition coefficient (Wildman–Crippen LogP) is 3.25. The van der Waals surface area contributed by atoms with Crippen LogP contribution in [0.1, 0.15) is 18.5 Å². The molecule has 2 aromatic rings. The van der Waals surface area contributed by atoms with Crippen LogP contribution in [-0.2, 0) is 9.84 Å². The van der Waals surface area contributed by atoms with Crippen molar-refractivity contribution in [1.82, 2.24) is 5.32 Å². The van der Waals surface area contributed by atoms with E-state index in [0.29, 0.717) is 5.56 Å². The number of urea groups is 1. The lowest BCUT2D eigenvalue weighted by Crippen LogP contribution is -2.31. The van der Waals surface area contributed by atoms with Crippen LogP contribution in [0.5, 0.6) is 0 Å². The first-order chi connectivity index (χ1) is 11.2. The smallest absolute Gasteiger partial charge is 0.319 e. The van der Waals surface area contributed by atoms with Crippen LogP contribution in [0.15, 0.2) is 47.4 Å². The van der Waals surface area contributed by atoms with Crippen LogP contribution in [0, 0.1) is 11.6 Å². The fraction of sp³-hybridized carbons (Fsp3) is 0.188. The van der Waals surface area contributed by atoms with Gasteiger partial charge >= 0.3 is 6.03 Å². The van der Waals surface area contributed by atoms with Crippen molar-refractivity contribution in [2.75, 3.05) is 11.6 Å². The lowest BCUT2D eigenvalue weighted by molar-refractivity contribution is 0.249. The molecule has 0 spiro atoms. The largest absolute Gasteiger partial charge is 0.331 e. The molecule has 1 atom stereocenters. The third-order valence-electron chi connectivity index (χ3n) is 3.33. The van der Waals surface area contributed by atoms with Gasteiger partial charge in [-0.3, -0.25) is 0 Å². The minimum atomic E-state index is -3.28. The number of benzene rings is 2. The zero-order chi connectivity index (χ0) is 17.9. The number of carbonyl (C=O) groups is 1. The fourth-order valence-electron chi connectivity index (χ4n) is 2.02. The van der Waals surface area contributed by atoms with Crippen LogP contribution in [0.2, 0.25) is 0 Å². The third-order valence-corrected chi connectivity index (χ3v) is 4.46. The van der Waals surface area contributed by atoms with Gasteiger partial charge in [-0.25, -0.2) is 22.0 Å². The van der Waals surface area contributed by atoms with Gasteiger partial charge in [0, 0.05) is 18.0 Å². The van der Waals surface area contributed by atoms with Crippen molar-refractivity contribution in [3.05, 3.63) is 59.7 Å². The van der Waals surface area contributed by atoms with Crippen molar-refractivity contribution >= 4 is 21.6 Å². The monoisotopic (exact) mass is 354 g/mol. The average Bonchev–Trinajstić information content (AvgIpc) is 2.50. The van der Waals surface area contributed by atoms with Crippen molar-refractivity contribution in [1.29, 1.82) is 0 Å². The number of nitrogens with one attached hydrogen (secondary N) is 2. The molecule has 2 aromatic carbocycles. The molecule has 2 rings (SSSR count). The molecule has 0 aromatic heterocycles. The Morgan fingerprint density at radius 1 is 1.04 bits per heavy atom. The quantitative estimate of drug-likeness (QED) is 0.885. The van der Waals surface area contributed by atoms with Crippen molar-refractivity contribution in [3.8, 4) is 0 Å². The minimum absolute atomic E-state index is 0.117. The van der Waals surface area contributed by atoms with Gasteiger partial charge in [0.15, 0.2) is 21.5 Å². The van der Waals surface area contributed by atoms with E-state index < -0.39 is 33.5 Å². The van der Waals surface area contributed by atoms with E-state index in [4.69, 9.17) is 0 Å². The van der Waals surface area contributed by atoms with Crippen LogP contribution in [0.25, 0.3) is 0 Å². The summed E-state index contributed by atoms with van der Waals surface area (Å²) < 4.78 is 48.8. The van der Waals surface area contributed by atoms with E-state index in [1.807, 2.05) is 0 Å². The van der Waals surface area contributed by atoms with Crippen LogP contribution in [-0.4, -0.2) is 20.7 Å². The molecule has 5 nitrogen and oxygen atoms in total. The Morgan fingerprint density at radius 3 is 2.21 bits per heavy atom. The molecule has 0 aliphatic carbocycles. The maximum atomic E-state index is 13.1. The average molecular weight is 354 g/mol. The summed E-state index contributed by atoms with van der Waals surface area (Å²) in [5.74, 6) is -2.06. The third kappa shape index (κ3) is 4.51. The van der Waals surface area contributed by atoms with Gasteiger partial charge in [-0.05, 0) is 36.8 Å². The number of rotatable bonds is 4. The molecule has 0 aliphatic rings. The zero-order valence-electron chi connectivity index (χ0n) is 13.0. The first-order valence-electron chi connectivity index (χ1n) is 6.99. The van der Waals surface area contributed by atoms with E-state index in [0.717, 1.165) is 18.4 Å².